The first-order valence-corrected chi connectivity index (χ1v) is 11.4. The molecule has 0 unspecified atom stereocenters. The Bertz CT molecular complexity index is 873. The van der Waals surface area contributed by atoms with Crippen molar-refractivity contribution < 1.29 is 9.32 Å². The van der Waals surface area contributed by atoms with Crippen molar-refractivity contribution in [2.24, 2.45) is 10.9 Å². The van der Waals surface area contributed by atoms with E-state index in [4.69, 9.17) is 4.52 Å². The third-order valence-electron chi connectivity index (χ3n) is 6.02. The van der Waals surface area contributed by atoms with Crippen LogP contribution in [0.15, 0.2) is 39.8 Å². The van der Waals surface area contributed by atoms with Gasteiger partial charge in [-0.15, -0.1) is 24.0 Å². The van der Waals surface area contributed by atoms with Crippen LogP contribution in [-0.2, 0) is 17.9 Å². The number of hydrogen-bond donors (Lipinski definition) is 3. The highest BCUT2D eigenvalue weighted by Gasteiger charge is 2.22. The highest BCUT2D eigenvalue weighted by Crippen LogP contribution is 2.26. The van der Waals surface area contributed by atoms with E-state index >= 15 is 0 Å². The van der Waals surface area contributed by atoms with Crippen molar-refractivity contribution >= 4 is 41.5 Å². The molecular weight excluding hydrogens is 517 g/mol. The van der Waals surface area contributed by atoms with Gasteiger partial charge in [0.1, 0.15) is 0 Å². The van der Waals surface area contributed by atoms with Gasteiger partial charge in [0.2, 0.25) is 5.91 Å². The molecule has 1 aromatic heterocycles. The fourth-order valence-corrected chi connectivity index (χ4v) is 4.08. The van der Waals surface area contributed by atoms with Gasteiger partial charge < -0.3 is 20.5 Å². The van der Waals surface area contributed by atoms with Gasteiger partial charge in [0.15, 0.2) is 11.7 Å². The van der Waals surface area contributed by atoms with Crippen LogP contribution in [0.25, 0.3) is 0 Å². The van der Waals surface area contributed by atoms with E-state index in [0.29, 0.717) is 25.0 Å². The van der Waals surface area contributed by atoms with Gasteiger partial charge in [-0.3, -0.25) is 9.79 Å². The summed E-state index contributed by atoms with van der Waals surface area (Å²) >= 11 is 0. The van der Waals surface area contributed by atoms with Gasteiger partial charge in [-0.05, 0) is 43.4 Å². The number of guanidine groups is 1. The van der Waals surface area contributed by atoms with Crippen molar-refractivity contribution in [1.82, 2.24) is 15.8 Å². The Morgan fingerprint density at radius 1 is 1.16 bits per heavy atom. The first-order chi connectivity index (χ1) is 15.1. The molecule has 0 radical (unpaired) electrons. The van der Waals surface area contributed by atoms with E-state index < -0.39 is 0 Å². The van der Waals surface area contributed by atoms with Crippen LogP contribution in [0.5, 0.6) is 0 Å². The molecule has 0 saturated heterocycles. The molecule has 0 atom stereocenters. The van der Waals surface area contributed by atoms with Crippen LogP contribution in [0.4, 0.5) is 5.69 Å². The van der Waals surface area contributed by atoms with Crippen LogP contribution < -0.4 is 16.0 Å². The Balaban J connectivity index is 0.00000363. The standard InChI is InChI=1S/C24H35N5O2.HI/c1-4-18(5-2)22-14-21(31-29-22)16-27-24(25-3)26-15-17-9-8-12-20(13-17)28-23(30)19-10-6-7-11-19;/h8-9,12-14,18-19H,4-7,10-11,15-16H2,1-3H3,(H,28,30)(H2,25,26,27);1H. The summed E-state index contributed by atoms with van der Waals surface area (Å²) in [5.74, 6) is 2.21. The Labute approximate surface area is 208 Å². The van der Waals surface area contributed by atoms with Crippen molar-refractivity contribution in [3.05, 3.63) is 47.3 Å². The van der Waals surface area contributed by atoms with E-state index in [1.807, 2.05) is 30.3 Å². The zero-order valence-electron chi connectivity index (χ0n) is 19.3. The fraction of sp³-hybridized carbons (Fsp3) is 0.542. The van der Waals surface area contributed by atoms with Gasteiger partial charge in [-0.2, -0.15) is 0 Å². The zero-order valence-corrected chi connectivity index (χ0v) is 21.6. The summed E-state index contributed by atoms with van der Waals surface area (Å²) in [5.41, 5.74) is 2.93. The number of rotatable bonds is 9. The van der Waals surface area contributed by atoms with Gasteiger partial charge in [-0.25, -0.2) is 0 Å². The number of benzene rings is 1. The predicted octanol–water partition coefficient (Wildman–Crippen LogP) is 5.19. The molecule has 0 bridgehead atoms. The Hall–Kier alpha value is -2.10. The molecule has 3 N–H and O–H groups in total. The molecule has 3 rings (SSSR count). The normalized spacial score (nSPS) is 14.3. The first-order valence-electron chi connectivity index (χ1n) is 11.4. The quantitative estimate of drug-likeness (QED) is 0.226. The molecule has 1 heterocycles. The molecular formula is C24H36IN5O2. The zero-order chi connectivity index (χ0) is 22.1. The summed E-state index contributed by atoms with van der Waals surface area (Å²) in [6.45, 7) is 5.45. The maximum atomic E-state index is 12.4. The number of carbonyl (C=O) groups excluding carboxylic acids is 1. The minimum Gasteiger partial charge on any atom is -0.359 e. The topological polar surface area (TPSA) is 91.6 Å². The number of amides is 1. The van der Waals surface area contributed by atoms with E-state index in [9.17, 15) is 4.79 Å². The molecule has 0 aliphatic heterocycles. The maximum Gasteiger partial charge on any atom is 0.227 e. The number of nitrogens with one attached hydrogen (secondary N) is 3. The van der Waals surface area contributed by atoms with E-state index in [1.165, 1.54) is 0 Å². The minimum atomic E-state index is 0. The lowest BCUT2D eigenvalue weighted by Gasteiger charge is -2.13. The average Bonchev–Trinajstić information content (AvgIpc) is 3.48. The van der Waals surface area contributed by atoms with Crippen molar-refractivity contribution in [3.63, 3.8) is 0 Å². The fourth-order valence-electron chi connectivity index (χ4n) is 4.08. The number of carbonyl (C=O) groups is 1. The van der Waals surface area contributed by atoms with Crippen LogP contribution >= 0.6 is 24.0 Å². The van der Waals surface area contributed by atoms with Crippen molar-refractivity contribution in [2.45, 2.75) is 71.4 Å². The summed E-state index contributed by atoms with van der Waals surface area (Å²) in [7, 11) is 1.74. The van der Waals surface area contributed by atoms with Crippen molar-refractivity contribution in [3.8, 4) is 0 Å². The molecule has 1 saturated carbocycles. The third-order valence-corrected chi connectivity index (χ3v) is 6.02. The summed E-state index contributed by atoms with van der Waals surface area (Å²) in [4.78, 5) is 16.6. The second-order valence-corrected chi connectivity index (χ2v) is 8.18. The lowest BCUT2D eigenvalue weighted by molar-refractivity contribution is -0.119. The minimum absolute atomic E-state index is 0. The lowest BCUT2D eigenvalue weighted by Crippen LogP contribution is -2.36. The number of halogens is 1. The summed E-state index contributed by atoms with van der Waals surface area (Å²) in [6, 6.07) is 9.96. The molecule has 1 aliphatic carbocycles. The average molecular weight is 553 g/mol. The van der Waals surface area contributed by atoms with E-state index in [1.54, 1.807) is 7.05 Å². The molecule has 176 valence electrons. The molecule has 1 aromatic carbocycles. The van der Waals surface area contributed by atoms with Crippen LogP contribution in [-0.4, -0.2) is 24.1 Å². The second-order valence-electron chi connectivity index (χ2n) is 8.18. The Morgan fingerprint density at radius 3 is 2.56 bits per heavy atom. The molecule has 1 fully saturated rings. The number of aliphatic imine (C=N–C) groups is 1. The molecule has 2 aromatic rings. The number of nitrogens with zero attached hydrogens (tertiary/aromatic N) is 2. The van der Waals surface area contributed by atoms with Crippen molar-refractivity contribution in [2.75, 3.05) is 12.4 Å². The summed E-state index contributed by atoms with van der Waals surface area (Å²) in [6.07, 6.45) is 6.42. The number of anilines is 1. The smallest absolute Gasteiger partial charge is 0.227 e. The molecule has 1 amide bonds. The SMILES string of the molecule is CCC(CC)c1cc(CNC(=NC)NCc2cccc(NC(=O)C3CCCC3)c2)on1.I. The maximum absolute atomic E-state index is 12.4. The van der Waals surface area contributed by atoms with Gasteiger partial charge in [0, 0.05) is 37.2 Å². The van der Waals surface area contributed by atoms with Crippen molar-refractivity contribution in [1.29, 1.82) is 0 Å². The second kappa shape index (κ2) is 13.4. The molecule has 0 spiro atoms. The predicted molar refractivity (Wildman–Crippen MR) is 139 cm³/mol. The molecule has 32 heavy (non-hydrogen) atoms. The van der Waals surface area contributed by atoms with Crippen LogP contribution in [0.3, 0.4) is 0 Å². The lowest BCUT2D eigenvalue weighted by atomic mass is 9.99. The number of aromatic nitrogens is 1. The first kappa shape index (κ1) is 26.2. The largest absolute Gasteiger partial charge is 0.359 e. The van der Waals surface area contributed by atoms with E-state index in [0.717, 1.165) is 61.2 Å². The van der Waals surface area contributed by atoms with E-state index in [2.05, 4.69) is 39.9 Å². The highest BCUT2D eigenvalue weighted by atomic mass is 127. The monoisotopic (exact) mass is 553 g/mol. The third kappa shape index (κ3) is 7.50. The molecule has 8 heteroatoms. The highest BCUT2D eigenvalue weighted by molar-refractivity contribution is 14.0. The Kier molecular flexibility index (Phi) is 11.0. The number of hydrogen-bond acceptors (Lipinski definition) is 4. The molecule has 1 aliphatic rings. The summed E-state index contributed by atoms with van der Waals surface area (Å²) in [5, 5.41) is 13.8. The van der Waals surface area contributed by atoms with Crippen LogP contribution in [0, 0.1) is 5.92 Å². The van der Waals surface area contributed by atoms with Crippen LogP contribution in [0.1, 0.15) is 75.3 Å². The van der Waals surface area contributed by atoms with Gasteiger partial charge in [-0.1, -0.05) is 44.0 Å². The van der Waals surface area contributed by atoms with Gasteiger partial charge in [0.25, 0.3) is 0 Å². The van der Waals surface area contributed by atoms with Gasteiger partial charge >= 0.3 is 0 Å². The van der Waals surface area contributed by atoms with Gasteiger partial charge in [0.05, 0.1) is 12.2 Å². The molecule has 7 nitrogen and oxygen atoms in total. The summed E-state index contributed by atoms with van der Waals surface area (Å²) < 4.78 is 5.47. The Morgan fingerprint density at radius 2 is 1.88 bits per heavy atom. The van der Waals surface area contributed by atoms with Crippen LogP contribution in [0.2, 0.25) is 0 Å². The van der Waals surface area contributed by atoms with E-state index in [-0.39, 0.29) is 35.8 Å².